The molecule has 2 aromatic rings. The topological polar surface area (TPSA) is 102 Å². The van der Waals surface area contributed by atoms with Gasteiger partial charge in [-0.05, 0) is 39.4 Å². The summed E-state index contributed by atoms with van der Waals surface area (Å²) in [6, 6.07) is 0. The Morgan fingerprint density at radius 2 is 2.17 bits per heavy atom. The summed E-state index contributed by atoms with van der Waals surface area (Å²) in [5, 5.41) is 6.14. The van der Waals surface area contributed by atoms with Gasteiger partial charge in [-0.1, -0.05) is 24.0 Å². The summed E-state index contributed by atoms with van der Waals surface area (Å²) in [6.07, 6.45) is 5.45. The van der Waals surface area contributed by atoms with Crippen LogP contribution < -0.4 is 21.1 Å². The number of unbranched alkanes of at least 4 members (excludes halogenated alkanes) is 1. The highest BCUT2D eigenvalue weighted by atomic mass is 32.1. The van der Waals surface area contributed by atoms with E-state index < -0.39 is 17.6 Å². The molecule has 0 unspecified atom stereocenters. The average Bonchev–Trinajstić information content (AvgIpc) is 3.28. The number of nitrogens with one attached hydrogen (secondary N) is 2. The van der Waals surface area contributed by atoms with E-state index in [1.807, 2.05) is 7.05 Å². The molecule has 0 aromatic carbocycles. The number of allylic oxidation sites excluding steroid dienone is 5. The standard InChI is InChI=1S/C19H23F2N5O2S2/c1-4-7-12(21)14(11(2)20)18-26-15(16(22)29-18)17(27)25-13-10-24-30-19(13)28-9-6-5-8-23-3/h4,7,10,23H,1,5-6,8-9,22H2,2-3H3,(H,25,27)/b12-7+,14-11-. The van der Waals surface area contributed by atoms with Crippen LogP contribution in [0, 0.1) is 0 Å². The maximum absolute atomic E-state index is 14.2. The second kappa shape index (κ2) is 11.5. The van der Waals surface area contributed by atoms with Gasteiger partial charge in [-0.25, -0.2) is 13.8 Å². The number of halogens is 2. The van der Waals surface area contributed by atoms with Crippen molar-refractivity contribution in [1.82, 2.24) is 14.7 Å². The Kier molecular flexibility index (Phi) is 9.09. The first-order valence-electron chi connectivity index (χ1n) is 9.04. The summed E-state index contributed by atoms with van der Waals surface area (Å²) >= 11 is 1.92. The van der Waals surface area contributed by atoms with Crippen molar-refractivity contribution >= 4 is 45.0 Å². The van der Waals surface area contributed by atoms with Gasteiger partial charge in [0, 0.05) is 11.5 Å². The third kappa shape index (κ3) is 6.18. The summed E-state index contributed by atoms with van der Waals surface area (Å²) in [4.78, 5) is 16.7. The lowest BCUT2D eigenvalue weighted by Gasteiger charge is -2.07. The molecule has 0 saturated heterocycles. The van der Waals surface area contributed by atoms with Crippen molar-refractivity contribution in [2.75, 3.05) is 31.2 Å². The van der Waals surface area contributed by atoms with Gasteiger partial charge in [-0.3, -0.25) is 4.79 Å². The first-order valence-corrected chi connectivity index (χ1v) is 10.6. The van der Waals surface area contributed by atoms with Gasteiger partial charge < -0.3 is 21.1 Å². The van der Waals surface area contributed by atoms with Crippen LogP contribution in [0.5, 0.6) is 5.06 Å². The van der Waals surface area contributed by atoms with Crippen LogP contribution >= 0.6 is 22.9 Å². The van der Waals surface area contributed by atoms with E-state index in [0.29, 0.717) is 17.4 Å². The highest BCUT2D eigenvalue weighted by Gasteiger charge is 2.23. The zero-order valence-corrected chi connectivity index (χ0v) is 18.3. The molecule has 0 bridgehead atoms. The van der Waals surface area contributed by atoms with E-state index in [2.05, 4.69) is 26.6 Å². The molecular formula is C19H23F2N5O2S2. The van der Waals surface area contributed by atoms with Gasteiger partial charge in [0.2, 0.25) is 5.06 Å². The molecule has 162 valence electrons. The van der Waals surface area contributed by atoms with Crippen LogP contribution in [0.2, 0.25) is 0 Å². The Balaban J connectivity index is 2.14. The van der Waals surface area contributed by atoms with Crippen molar-refractivity contribution in [2.45, 2.75) is 19.8 Å². The second-order valence-corrected chi connectivity index (χ2v) is 7.83. The lowest BCUT2D eigenvalue weighted by atomic mass is 10.2. The summed E-state index contributed by atoms with van der Waals surface area (Å²) in [6.45, 7) is 5.85. The Labute approximate surface area is 181 Å². The Morgan fingerprint density at radius 1 is 1.40 bits per heavy atom. The Bertz CT molecular complexity index is 949. The molecule has 0 aliphatic carbocycles. The molecule has 2 rings (SSSR count). The fraction of sp³-hybridized carbons (Fsp3) is 0.316. The molecule has 0 spiro atoms. The fourth-order valence-corrected chi connectivity index (χ4v) is 3.88. The number of anilines is 2. The van der Waals surface area contributed by atoms with Crippen LogP contribution in [0.1, 0.15) is 35.3 Å². The fourth-order valence-electron chi connectivity index (χ4n) is 2.37. The molecule has 30 heavy (non-hydrogen) atoms. The number of nitrogens with zero attached hydrogens (tertiary/aromatic N) is 2. The molecule has 0 radical (unpaired) electrons. The molecule has 0 saturated carbocycles. The van der Waals surface area contributed by atoms with E-state index in [0.717, 1.165) is 55.3 Å². The van der Waals surface area contributed by atoms with Crippen LogP contribution in [-0.4, -0.2) is 35.5 Å². The van der Waals surface area contributed by atoms with Gasteiger partial charge >= 0.3 is 0 Å². The van der Waals surface area contributed by atoms with Crippen molar-refractivity contribution in [3.63, 3.8) is 0 Å². The first kappa shape index (κ1) is 23.6. The zero-order valence-electron chi connectivity index (χ0n) is 16.6. The number of hydrogen-bond donors (Lipinski definition) is 3. The monoisotopic (exact) mass is 455 g/mol. The van der Waals surface area contributed by atoms with E-state index in [1.54, 1.807) is 0 Å². The maximum atomic E-state index is 14.2. The molecule has 0 aliphatic rings. The van der Waals surface area contributed by atoms with Crippen molar-refractivity contribution in [2.24, 2.45) is 0 Å². The van der Waals surface area contributed by atoms with Crippen molar-refractivity contribution in [3.8, 4) is 5.06 Å². The van der Waals surface area contributed by atoms with E-state index in [1.165, 1.54) is 12.3 Å². The third-order valence-corrected chi connectivity index (χ3v) is 5.39. The van der Waals surface area contributed by atoms with Crippen molar-refractivity contribution in [1.29, 1.82) is 0 Å². The quantitative estimate of drug-likeness (QED) is 0.339. The lowest BCUT2D eigenvalue weighted by Crippen LogP contribution is -2.14. The molecule has 2 aromatic heterocycles. The van der Waals surface area contributed by atoms with E-state index >= 15 is 0 Å². The molecule has 0 atom stereocenters. The molecule has 1 amide bonds. The second-order valence-electron chi connectivity index (χ2n) is 6.03. The predicted molar refractivity (Wildman–Crippen MR) is 118 cm³/mol. The van der Waals surface area contributed by atoms with Crippen LogP contribution in [0.4, 0.5) is 19.5 Å². The SMILES string of the molecule is C=C/C=C(F)\C(=C(/C)F)c1nc(C(=O)Nc2cnsc2OCCCCNC)c(N)s1. The largest absolute Gasteiger partial charge is 0.481 e. The van der Waals surface area contributed by atoms with Crippen LogP contribution in [0.15, 0.2) is 36.6 Å². The minimum atomic E-state index is -0.860. The third-order valence-electron chi connectivity index (χ3n) is 3.77. The molecule has 11 heteroatoms. The van der Waals surface area contributed by atoms with E-state index in [4.69, 9.17) is 10.5 Å². The summed E-state index contributed by atoms with van der Waals surface area (Å²) in [5.41, 5.74) is 5.76. The number of rotatable bonds is 11. The molecule has 0 aliphatic heterocycles. The smallest absolute Gasteiger partial charge is 0.277 e. The number of nitrogens with two attached hydrogens (primary N) is 1. The van der Waals surface area contributed by atoms with Gasteiger partial charge in [0.15, 0.2) is 5.69 Å². The van der Waals surface area contributed by atoms with Gasteiger partial charge in [-0.2, -0.15) is 4.37 Å². The van der Waals surface area contributed by atoms with Crippen molar-refractivity contribution in [3.05, 3.63) is 47.3 Å². The minimum Gasteiger partial charge on any atom is -0.481 e. The maximum Gasteiger partial charge on any atom is 0.277 e. The molecule has 4 N–H and O–H groups in total. The number of carbonyl (C=O) groups is 1. The highest BCUT2D eigenvalue weighted by molar-refractivity contribution is 7.17. The van der Waals surface area contributed by atoms with Crippen LogP contribution in [-0.2, 0) is 0 Å². The number of amides is 1. The highest BCUT2D eigenvalue weighted by Crippen LogP contribution is 2.35. The van der Waals surface area contributed by atoms with Crippen LogP contribution in [0.3, 0.4) is 0 Å². The minimum absolute atomic E-state index is 0.0328. The molecule has 2 heterocycles. The summed E-state index contributed by atoms with van der Waals surface area (Å²) < 4.78 is 37.8. The molecule has 0 fully saturated rings. The van der Waals surface area contributed by atoms with Gasteiger partial charge in [0.05, 0.1) is 18.4 Å². The summed E-state index contributed by atoms with van der Waals surface area (Å²) in [5.74, 6) is -2.27. The molecule has 7 nitrogen and oxygen atoms in total. The van der Waals surface area contributed by atoms with E-state index in [-0.39, 0.29) is 21.3 Å². The van der Waals surface area contributed by atoms with Gasteiger partial charge in [0.1, 0.15) is 27.3 Å². The number of hydrogen-bond acceptors (Lipinski definition) is 8. The first-order chi connectivity index (χ1) is 14.4. The number of carbonyl (C=O) groups excluding carboxylic acids is 1. The lowest BCUT2D eigenvalue weighted by molar-refractivity contribution is 0.102. The average molecular weight is 456 g/mol. The normalized spacial score (nSPS) is 12.5. The van der Waals surface area contributed by atoms with Crippen LogP contribution in [0.25, 0.3) is 5.57 Å². The van der Waals surface area contributed by atoms with Gasteiger partial charge in [0.25, 0.3) is 5.91 Å². The Morgan fingerprint density at radius 3 is 2.83 bits per heavy atom. The summed E-state index contributed by atoms with van der Waals surface area (Å²) in [7, 11) is 1.88. The zero-order chi connectivity index (χ0) is 22.1. The number of nitrogen functional groups attached to an aromatic ring is 1. The predicted octanol–water partition coefficient (Wildman–Crippen LogP) is 4.55. The van der Waals surface area contributed by atoms with Crippen molar-refractivity contribution < 1.29 is 18.3 Å². The van der Waals surface area contributed by atoms with E-state index in [9.17, 15) is 13.6 Å². The Hall–Kier alpha value is -2.63. The van der Waals surface area contributed by atoms with Gasteiger partial charge in [-0.15, -0.1) is 0 Å². The number of ether oxygens (including phenoxy) is 1. The number of thiazole rings is 1. The number of aromatic nitrogens is 2. The molecular weight excluding hydrogens is 432 g/mol.